The molecule has 2 N–H and O–H groups in total. The number of urea groups is 1. The molecule has 2 aromatic rings. The van der Waals surface area contributed by atoms with Crippen molar-refractivity contribution in [3.8, 4) is 0 Å². The van der Waals surface area contributed by atoms with Crippen LogP contribution in [0.2, 0.25) is 5.02 Å². The predicted octanol–water partition coefficient (Wildman–Crippen LogP) is 4.40. The number of piperidine rings is 1. The van der Waals surface area contributed by atoms with Crippen LogP contribution in [0, 0.1) is 0 Å². The molecule has 1 aliphatic heterocycles. The van der Waals surface area contributed by atoms with Gasteiger partial charge in [0, 0.05) is 18.0 Å². The number of carbonyl (C=O) groups excluding carboxylic acids is 1. The maximum absolute atomic E-state index is 11.9. The summed E-state index contributed by atoms with van der Waals surface area (Å²) < 4.78 is 0. The molecule has 1 saturated heterocycles. The van der Waals surface area contributed by atoms with E-state index in [4.69, 9.17) is 11.6 Å². The molecule has 1 aliphatic rings. The number of para-hydroxylation sites is 1. The molecule has 0 spiro atoms. The van der Waals surface area contributed by atoms with Crippen molar-refractivity contribution in [3.05, 3.63) is 51.7 Å². The minimum atomic E-state index is -0.212. The Morgan fingerprint density at radius 1 is 1.21 bits per heavy atom. The van der Waals surface area contributed by atoms with Gasteiger partial charge in [0.1, 0.15) is 0 Å². The van der Waals surface area contributed by atoms with Crippen molar-refractivity contribution >= 4 is 34.7 Å². The van der Waals surface area contributed by atoms with Crippen molar-refractivity contribution in [1.29, 1.82) is 0 Å². The minimum absolute atomic E-state index is 0.212. The van der Waals surface area contributed by atoms with Crippen LogP contribution in [0.4, 0.5) is 10.5 Å². The number of likely N-dealkylation sites (tertiary alicyclic amines) is 1. The third-order valence-corrected chi connectivity index (χ3v) is 5.73. The molecule has 2 amide bonds. The Labute approximate surface area is 151 Å². The zero-order chi connectivity index (χ0) is 16.8. The number of hydrogen-bond acceptors (Lipinski definition) is 3. The second-order valence-electron chi connectivity index (χ2n) is 5.99. The summed E-state index contributed by atoms with van der Waals surface area (Å²) in [7, 11) is 0. The first kappa shape index (κ1) is 17.3. The Kier molecular flexibility index (Phi) is 6.12. The Morgan fingerprint density at radius 2 is 2.00 bits per heavy atom. The van der Waals surface area contributed by atoms with Crippen molar-refractivity contribution < 1.29 is 4.79 Å². The first-order chi connectivity index (χ1) is 11.7. The minimum Gasteiger partial charge on any atom is -0.337 e. The fraction of sp³-hybridized carbons (Fsp3) is 0.389. The van der Waals surface area contributed by atoms with Gasteiger partial charge in [-0.2, -0.15) is 0 Å². The largest absolute Gasteiger partial charge is 0.337 e. The molecular formula is C18H22ClN3OS. The third-order valence-electron chi connectivity index (χ3n) is 4.37. The van der Waals surface area contributed by atoms with E-state index in [0.717, 1.165) is 19.6 Å². The van der Waals surface area contributed by atoms with Crippen LogP contribution < -0.4 is 10.6 Å². The average Bonchev–Trinajstić information content (AvgIpc) is 3.12. The fourth-order valence-corrected chi connectivity index (χ4v) is 4.10. The second-order valence-corrected chi connectivity index (χ2v) is 7.38. The topological polar surface area (TPSA) is 44.4 Å². The van der Waals surface area contributed by atoms with Crippen LogP contribution in [-0.4, -0.2) is 37.1 Å². The molecule has 0 aliphatic carbocycles. The molecule has 0 saturated carbocycles. The number of carbonyl (C=O) groups is 1. The van der Waals surface area contributed by atoms with E-state index in [2.05, 4.69) is 33.0 Å². The molecule has 2 heterocycles. The number of halogens is 1. The van der Waals surface area contributed by atoms with Crippen molar-refractivity contribution in [3.63, 3.8) is 0 Å². The van der Waals surface area contributed by atoms with E-state index >= 15 is 0 Å². The van der Waals surface area contributed by atoms with Crippen molar-refractivity contribution in [2.24, 2.45) is 0 Å². The van der Waals surface area contributed by atoms with Gasteiger partial charge < -0.3 is 15.5 Å². The SMILES string of the molecule is O=C(NCCN1CCC(c2cccs2)CC1)Nc1ccccc1Cl. The van der Waals surface area contributed by atoms with Gasteiger partial charge in [-0.25, -0.2) is 4.79 Å². The Hall–Kier alpha value is -1.56. The first-order valence-electron chi connectivity index (χ1n) is 8.27. The highest BCUT2D eigenvalue weighted by atomic mass is 35.5. The predicted molar refractivity (Wildman–Crippen MR) is 101 cm³/mol. The molecule has 1 fully saturated rings. The summed E-state index contributed by atoms with van der Waals surface area (Å²) in [6.07, 6.45) is 2.40. The Morgan fingerprint density at radius 3 is 2.71 bits per heavy atom. The van der Waals surface area contributed by atoms with Gasteiger partial charge in [-0.15, -0.1) is 11.3 Å². The maximum Gasteiger partial charge on any atom is 0.319 e. The van der Waals surface area contributed by atoms with Crippen LogP contribution in [0.5, 0.6) is 0 Å². The number of amides is 2. The van der Waals surface area contributed by atoms with E-state index in [1.54, 1.807) is 12.1 Å². The van der Waals surface area contributed by atoms with Crippen LogP contribution in [0.15, 0.2) is 41.8 Å². The highest BCUT2D eigenvalue weighted by Gasteiger charge is 2.20. The molecule has 1 aromatic carbocycles. The van der Waals surface area contributed by atoms with Crippen LogP contribution in [0.25, 0.3) is 0 Å². The van der Waals surface area contributed by atoms with Gasteiger partial charge in [0.05, 0.1) is 10.7 Å². The van der Waals surface area contributed by atoms with Crippen LogP contribution in [-0.2, 0) is 0 Å². The van der Waals surface area contributed by atoms with Gasteiger partial charge in [-0.3, -0.25) is 0 Å². The first-order valence-corrected chi connectivity index (χ1v) is 9.53. The molecule has 0 unspecified atom stereocenters. The summed E-state index contributed by atoms with van der Waals surface area (Å²) in [6.45, 7) is 3.71. The van der Waals surface area contributed by atoms with E-state index in [0.29, 0.717) is 23.2 Å². The quantitative estimate of drug-likeness (QED) is 0.826. The molecule has 3 rings (SSSR count). The number of nitrogens with one attached hydrogen (secondary N) is 2. The molecule has 0 radical (unpaired) electrons. The molecule has 24 heavy (non-hydrogen) atoms. The van der Waals surface area contributed by atoms with Crippen LogP contribution >= 0.6 is 22.9 Å². The lowest BCUT2D eigenvalue weighted by Gasteiger charge is -2.31. The van der Waals surface area contributed by atoms with Gasteiger partial charge in [-0.1, -0.05) is 29.8 Å². The van der Waals surface area contributed by atoms with E-state index in [1.807, 2.05) is 23.5 Å². The number of nitrogens with zero attached hydrogens (tertiary/aromatic N) is 1. The normalized spacial score (nSPS) is 16.0. The molecular weight excluding hydrogens is 342 g/mol. The highest BCUT2D eigenvalue weighted by Crippen LogP contribution is 2.30. The third kappa shape index (κ3) is 4.72. The van der Waals surface area contributed by atoms with E-state index < -0.39 is 0 Å². The van der Waals surface area contributed by atoms with Gasteiger partial charge in [-0.05, 0) is 55.4 Å². The van der Waals surface area contributed by atoms with Gasteiger partial charge in [0.25, 0.3) is 0 Å². The number of thiophene rings is 1. The summed E-state index contributed by atoms with van der Waals surface area (Å²) >= 11 is 7.89. The summed E-state index contributed by atoms with van der Waals surface area (Å²) in [5, 5.41) is 8.37. The Bertz CT molecular complexity index is 654. The summed E-state index contributed by atoms with van der Waals surface area (Å²) in [5.41, 5.74) is 0.633. The number of benzene rings is 1. The van der Waals surface area contributed by atoms with E-state index in [1.165, 1.54) is 17.7 Å². The van der Waals surface area contributed by atoms with E-state index in [9.17, 15) is 4.79 Å². The summed E-state index contributed by atoms with van der Waals surface area (Å²) in [4.78, 5) is 15.8. The summed E-state index contributed by atoms with van der Waals surface area (Å²) in [6, 6.07) is 11.4. The van der Waals surface area contributed by atoms with Gasteiger partial charge >= 0.3 is 6.03 Å². The average molecular weight is 364 g/mol. The number of hydrogen-bond donors (Lipinski definition) is 2. The molecule has 4 nitrogen and oxygen atoms in total. The number of rotatable bonds is 5. The molecule has 0 atom stereocenters. The molecule has 6 heteroatoms. The van der Waals surface area contributed by atoms with Crippen molar-refractivity contribution in [2.75, 3.05) is 31.5 Å². The standard InChI is InChI=1S/C18H22ClN3OS/c19-15-4-1-2-5-16(15)21-18(23)20-9-12-22-10-7-14(8-11-22)17-6-3-13-24-17/h1-6,13-14H,7-12H2,(H2,20,21,23). The van der Waals surface area contributed by atoms with Crippen molar-refractivity contribution in [1.82, 2.24) is 10.2 Å². The molecule has 0 bridgehead atoms. The maximum atomic E-state index is 11.9. The highest BCUT2D eigenvalue weighted by molar-refractivity contribution is 7.10. The summed E-state index contributed by atoms with van der Waals surface area (Å²) in [5.74, 6) is 0.706. The molecule has 128 valence electrons. The Balaban J connectivity index is 1.35. The van der Waals surface area contributed by atoms with Crippen LogP contribution in [0.1, 0.15) is 23.6 Å². The smallest absolute Gasteiger partial charge is 0.319 e. The van der Waals surface area contributed by atoms with Crippen LogP contribution in [0.3, 0.4) is 0 Å². The second kappa shape index (κ2) is 8.51. The zero-order valence-electron chi connectivity index (χ0n) is 13.5. The zero-order valence-corrected chi connectivity index (χ0v) is 15.1. The van der Waals surface area contributed by atoms with Gasteiger partial charge in [0.15, 0.2) is 0 Å². The fourth-order valence-electron chi connectivity index (χ4n) is 3.02. The molecule has 1 aromatic heterocycles. The number of anilines is 1. The monoisotopic (exact) mass is 363 g/mol. The lowest BCUT2D eigenvalue weighted by atomic mass is 9.95. The van der Waals surface area contributed by atoms with Gasteiger partial charge in [0.2, 0.25) is 0 Å². The van der Waals surface area contributed by atoms with E-state index in [-0.39, 0.29) is 6.03 Å². The lowest BCUT2D eigenvalue weighted by molar-refractivity contribution is 0.212. The van der Waals surface area contributed by atoms with Crippen molar-refractivity contribution in [2.45, 2.75) is 18.8 Å². The lowest BCUT2D eigenvalue weighted by Crippen LogP contribution is -2.40.